The monoisotopic (exact) mass is 265 g/mol. The molecule has 2 saturated heterocycles. The molecule has 0 saturated carbocycles. The molecule has 0 radical (unpaired) electrons. The molecule has 0 spiro atoms. The van der Waals surface area contributed by atoms with Crippen LogP contribution in [0.1, 0.15) is 19.3 Å². The van der Waals surface area contributed by atoms with Gasteiger partial charge in [-0.3, -0.25) is 9.59 Å². The number of carbonyl (C=O) groups excluding carboxylic acids is 1. The van der Waals surface area contributed by atoms with Crippen molar-refractivity contribution in [3.8, 4) is 0 Å². The summed E-state index contributed by atoms with van der Waals surface area (Å²) in [5.41, 5.74) is -0.778. The molecule has 1 aliphatic carbocycles. The molecule has 0 bridgehead atoms. The molecule has 0 unspecified atom stereocenters. The van der Waals surface area contributed by atoms with Gasteiger partial charge in [0.2, 0.25) is 5.91 Å². The van der Waals surface area contributed by atoms with Crippen LogP contribution in [0.25, 0.3) is 0 Å². The summed E-state index contributed by atoms with van der Waals surface area (Å²) >= 11 is 0. The Morgan fingerprint density at radius 3 is 2.68 bits per heavy atom. The Morgan fingerprint density at radius 2 is 2.05 bits per heavy atom. The van der Waals surface area contributed by atoms with Crippen molar-refractivity contribution >= 4 is 11.9 Å². The van der Waals surface area contributed by atoms with Gasteiger partial charge < -0.3 is 14.7 Å². The molecule has 2 atom stereocenters. The van der Waals surface area contributed by atoms with E-state index in [0.717, 1.165) is 12.8 Å². The molecule has 2 heterocycles. The molecular formula is C14H19NO4. The number of carbonyl (C=O) groups is 2. The molecule has 3 aliphatic rings. The molecule has 1 amide bonds. The van der Waals surface area contributed by atoms with Gasteiger partial charge >= 0.3 is 5.97 Å². The van der Waals surface area contributed by atoms with E-state index in [1.807, 2.05) is 12.2 Å². The highest BCUT2D eigenvalue weighted by Gasteiger charge is 2.55. The zero-order chi connectivity index (χ0) is 13.5. The lowest BCUT2D eigenvalue weighted by molar-refractivity contribution is -0.157. The summed E-state index contributed by atoms with van der Waals surface area (Å²) in [5.74, 6) is -0.704. The number of carboxylic acid groups (broad SMARTS) is 1. The smallest absolute Gasteiger partial charge is 0.311 e. The summed E-state index contributed by atoms with van der Waals surface area (Å²) in [6.45, 7) is 1.82. The Labute approximate surface area is 112 Å². The van der Waals surface area contributed by atoms with Gasteiger partial charge in [-0.05, 0) is 19.3 Å². The number of fused-ring (bicyclic) bond motifs is 1. The number of allylic oxidation sites excluding steroid dienone is 2. The second-order valence-electron chi connectivity index (χ2n) is 5.84. The lowest BCUT2D eigenvalue weighted by Gasteiger charge is -2.33. The van der Waals surface area contributed by atoms with Gasteiger partial charge in [-0.1, -0.05) is 12.2 Å². The van der Waals surface area contributed by atoms with E-state index in [-0.39, 0.29) is 17.7 Å². The summed E-state index contributed by atoms with van der Waals surface area (Å²) in [6.07, 6.45) is 6.15. The Balaban J connectivity index is 1.76. The number of ether oxygens (including phenoxy) is 1. The van der Waals surface area contributed by atoms with E-state index in [1.165, 1.54) is 0 Å². The van der Waals surface area contributed by atoms with Crippen molar-refractivity contribution in [3.05, 3.63) is 12.2 Å². The maximum atomic E-state index is 12.4. The third kappa shape index (κ3) is 1.96. The third-order valence-corrected chi connectivity index (χ3v) is 4.80. The van der Waals surface area contributed by atoms with Gasteiger partial charge in [0, 0.05) is 31.5 Å². The summed E-state index contributed by atoms with van der Waals surface area (Å²) in [4.78, 5) is 25.8. The van der Waals surface area contributed by atoms with Crippen LogP contribution < -0.4 is 0 Å². The van der Waals surface area contributed by atoms with Crippen molar-refractivity contribution in [3.63, 3.8) is 0 Å². The minimum Gasteiger partial charge on any atom is -0.481 e. The fourth-order valence-electron chi connectivity index (χ4n) is 3.54. The first-order valence-corrected chi connectivity index (χ1v) is 6.88. The highest BCUT2D eigenvalue weighted by molar-refractivity contribution is 5.83. The summed E-state index contributed by atoms with van der Waals surface area (Å²) in [5, 5.41) is 9.56. The minimum absolute atomic E-state index is 0.0203. The van der Waals surface area contributed by atoms with Crippen molar-refractivity contribution in [2.45, 2.75) is 19.3 Å². The number of nitrogens with zero attached hydrogens (tertiary/aromatic N) is 1. The number of carboxylic acids is 1. The first-order valence-electron chi connectivity index (χ1n) is 6.88. The van der Waals surface area contributed by atoms with Crippen molar-refractivity contribution in [1.29, 1.82) is 0 Å². The molecular weight excluding hydrogens is 246 g/mol. The van der Waals surface area contributed by atoms with Crippen LogP contribution in [0.4, 0.5) is 0 Å². The van der Waals surface area contributed by atoms with Gasteiger partial charge in [0.25, 0.3) is 0 Å². The predicted molar refractivity (Wildman–Crippen MR) is 67.4 cm³/mol. The molecule has 104 valence electrons. The molecule has 5 heteroatoms. The van der Waals surface area contributed by atoms with E-state index in [1.54, 1.807) is 4.90 Å². The zero-order valence-electron chi connectivity index (χ0n) is 10.9. The SMILES string of the molecule is O=C(C1CC=CC1)N1C[C@H]2COCC[C@@]2(C(=O)O)C1. The van der Waals surface area contributed by atoms with E-state index < -0.39 is 11.4 Å². The number of aliphatic carboxylic acids is 1. The molecule has 3 rings (SSSR count). The minimum atomic E-state index is -0.778. The van der Waals surface area contributed by atoms with Crippen molar-refractivity contribution in [2.75, 3.05) is 26.3 Å². The molecule has 19 heavy (non-hydrogen) atoms. The first kappa shape index (κ1) is 12.7. The van der Waals surface area contributed by atoms with E-state index in [0.29, 0.717) is 32.7 Å². The lowest BCUT2D eigenvalue weighted by Crippen LogP contribution is -2.45. The number of hydrogen-bond acceptors (Lipinski definition) is 3. The average Bonchev–Trinajstić information content (AvgIpc) is 3.05. The fourth-order valence-corrected chi connectivity index (χ4v) is 3.54. The van der Waals surface area contributed by atoms with Gasteiger partial charge in [0.1, 0.15) is 0 Å². The Hall–Kier alpha value is -1.36. The van der Waals surface area contributed by atoms with Crippen LogP contribution in [-0.4, -0.2) is 48.2 Å². The Morgan fingerprint density at radius 1 is 1.32 bits per heavy atom. The first-order chi connectivity index (χ1) is 9.13. The maximum absolute atomic E-state index is 12.4. The molecule has 2 fully saturated rings. The predicted octanol–water partition coefficient (Wildman–Crippen LogP) is 0.902. The van der Waals surface area contributed by atoms with Crippen LogP contribution in [0.5, 0.6) is 0 Å². The van der Waals surface area contributed by atoms with Crippen molar-refractivity contribution in [2.24, 2.45) is 17.3 Å². The van der Waals surface area contributed by atoms with Gasteiger partial charge in [0.05, 0.1) is 12.0 Å². The van der Waals surface area contributed by atoms with Crippen LogP contribution in [0.15, 0.2) is 12.2 Å². The quantitative estimate of drug-likeness (QED) is 0.753. The van der Waals surface area contributed by atoms with Crippen LogP contribution >= 0.6 is 0 Å². The highest BCUT2D eigenvalue weighted by atomic mass is 16.5. The van der Waals surface area contributed by atoms with E-state index in [4.69, 9.17) is 4.74 Å². The number of likely N-dealkylation sites (tertiary alicyclic amines) is 1. The van der Waals surface area contributed by atoms with Gasteiger partial charge in [-0.15, -0.1) is 0 Å². The number of hydrogen-bond donors (Lipinski definition) is 1. The molecule has 0 aromatic carbocycles. The Kier molecular flexibility index (Phi) is 3.09. The van der Waals surface area contributed by atoms with Crippen molar-refractivity contribution < 1.29 is 19.4 Å². The number of rotatable bonds is 2. The highest BCUT2D eigenvalue weighted by Crippen LogP contribution is 2.43. The Bertz CT molecular complexity index is 425. The van der Waals surface area contributed by atoms with Gasteiger partial charge in [-0.2, -0.15) is 0 Å². The van der Waals surface area contributed by atoms with Gasteiger partial charge in [0.15, 0.2) is 0 Å². The molecule has 0 aromatic heterocycles. The molecule has 1 N–H and O–H groups in total. The molecule has 5 nitrogen and oxygen atoms in total. The van der Waals surface area contributed by atoms with Crippen LogP contribution in [0.3, 0.4) is 0 Å². The largest absolute Gasteiger partial charge is 0.481 e. The molecule has 0 aromatic rings. The lowest BCUT2D eigenvalue weighted by atomic mass is 9.74. The second-order valence-corrected chi connectivity index (χ2v) is 5.84. The summed E-state index contributed by atoms with van der Waals surface area (Å²) < 4.78 is 5.40. The van der Waals surface area contributed by atoms with E-state index in [2.05, 4.69) is 0 Å². The van der Waals surface area contributed by atoms with Gasteiger partial charge in [-0.25, -0.2) is 0 Å². The standard InChI is InChI=1S/C14H19NO4/c16-12(10-3-1-2-4-10)15-7-11-8-19-6-5-14(11,9-15)13(17)18/h1-2,10-11H,3-9H2,(H,17,18)/t11-,14+/m0/s1. The maximum Gasteiger partial charge on any atom is 0.311 e. The average molecular weight is 265 g/mol. The summed E-state index contributed by atoms with van der Waals surface area (Å²) in [6, 6.07) is 0. The topological polar surface area (TPSA) is 66.8 Å². The normalized spacial score (nSPS) is 34.5. The van der Waals surface area contributed by atoms with Crippen LogP contribution in [-0.2, 0) is 14.3 Å². The third-order valence-electron chi connectivity index (χ3n) is 4.80. The van der Waals surface area contributed by atoms with E-state index >= 15 is 0 Å². The second kappa shape index (κ2) is 4.63. The van der Waals surface area contributed by atoms with Crippen LogP contribution in [0, 0.1) is 17.3 Å². The number of amides is 1. The zero-order valence-corrected chi connectivity index (χ0v) is 10.9. The van der Waals surface area contributed by atoms with E-state index in [9.17, 15) is 14.7 Å². The summed E-state index contributed by atoms with van der Waals surface area (Å²) in [7, 11) is 0. The molecule has 2 aliphatic heterocycles. The van der Waals surface area contributed by atoms with Crippen LogP contribution in [0.2, 0.25) is 0 Å². The van der Waals surface area contributed by atoms with Crippen molar-refractivity contribution in [1.82, 2.24) is 4.90 Å². The fraction of sp³-hybridized carbons (Fsp3) is 0.714.